The third-order valence-corrected chi connectivity index (χ3v) is 6.69. The van der Waals surface area contributed by atoms with Crippen LogP contribution in [-0.4, -0.2) is 53.0 Å². The Labute approximate surface area is 211 Å². The van der Waals surface area contributed by atoms with Crippen LogP contribution in [0.4, 0.5) is 10.2 Å². The first-order chi connectivity index (χ1) is 17.4. The molecule has 0 aliphatic carbocycles. The van der Waals surface area contributed by atoms with Gasteiger partial charge in [0.2, 0.25) is 5.91 Å². The maximum Gasteiger partial charge on any atom is 0.239 e. The van der Waals surface area contributed by atoms with E-state index in [2.05, 4.69) is 27.3 Å². The number of hydrogen-bond acceptors (Lipinski definition) is 5. The number of aromatic nitrogens is 1. The van der Waals surface area contributed by atoms with E-state index in [1.807, 2.05) is 38.1 Å². The Morgan fingerprint density at radius 2 is 1.72 bits per heavy atom. The summed E-state index contributed by atoms with van der Waals surface area (Å²) in [5, 5.41) is 21.7. The molecule has 7 nitrogen and oxygen atoms in total. The molecule has 2 aromatic carbocycles. The van der Waals surface area contributed by atoms with Crippen molar-refractivity contribution in [2.75, 3.05) is 38.0 Å². The van der Waals surface area contributed by atoms with Crippen LogP contribution < -0.4 is 5.32 Å². The summed E-state index contributed by atoms with van der Waals surface area (Å²) in [4.78, 5) is 17.6. The zero-order valence-electron chi connectivity index (χ0n) is 20.6. The predicted molar refractivity (Wildman–Crippen MR) is 136 cm³/mol. The molecule has 1 N–H and O–H groups in total. The van der Waals surface area contributed by atoms with Gasteiger partial charge in [-0.1, -0.05) is 18.2 Å². The molecule has 1 amide bonds. The summed E-state index contributed by atoms with van der Waals surface area (Å²) < 4.78 is 15.7. The highest BCUT2D eigenvalue weighted by Gasteiger charge is 2.23. The topological polar surface area (TPSA) is 88.1 Å². The molecule has 0 unspecified atom stereocenters. The summed E-state index contributed by atoms with van der Waals surface area (Å²) in [5.41, 5.74) is 4.29. The minimum Gasteiger partial charge on any atom is -0.310 e. The van der Waals surface area contributed by atoms with Gasteiger partial charge in [-0.2, -0.15) is 10.5 Å². The summed E-state index contributed by atoms with van der Waals surface area (Å²) in [5.74, 6) is -0.216. The lowest BCUT2D eigenvalue weighted by atomic mass is 10.1. The van der Waals surface area contributed by atoms with Crippen molar-refractivity contribution >= 4 is 11.7 Å². The van der Waals surface area contributed by atoms with Crippen molar-refractivity contribution in [2.24, 2.45) is 0 Å². The summed E-state index contributed by atoms with van der Waals surface area (Å²) in [7, 11) is 0. The maximum absolute atomic E-state index is 13.9. The summed E-state index contributed by atoms with van der Waals surface area (Å²) in [6, 6.07) is 18.1. The second kappa shape index (κ2) is 11.2. The molecule has 4 rings (SSSR count). The Hall–Kier alpha value is -3.98. The van der Waals surface area contributed by atoms with Crippen molar-refractivity contribution in [2.45, 2.75) is 26.8 Å². The molecule has 1 aliphatic heterocycles. The van der Waals surface area contributed by atoms with E-state index in [0.717, 1.165) is 56.0 Å². The van der Waals surface area contributed by atoms with Crippen molar-refractivity contribution in [3.63, 3.8) is 0 Å². The number of amides is 1. The minimum atomic E-state index is -0.385. The van der Waals surface area contributed by atoms with Crippen LogP contribution in [-0.2, 0) is 11.3 Å². The number of hydrogen-bond donors (Lipinski definition) is 1. The van der Waals surface area contributed by atoms with E-state index in [1.54, 1.807) is 16.7 Å². The van der Waals surface area contributed by atoms with Gasteiger partial charge in [-0.3, -0.25) is 19.2 Å². The number of rotatable bonds is 6. The van der Waals surface area contributed by atoms with Crippen LogP contribution in [0.25, 0.3) is 5.69 Å². The highest BCUT2D eigenvalue weighted by Crippen LogP contribution is 2.30. The SMILES string of the molecule is Cc1c(C#N)c(NC(=O)CN2CCCN(Cc3ccc(C#N)cc3)CC2)n(-c2cccc(F)c2)c1C. The minimum absolute atomic E-state index is 0.206. The van der Waals surface area contributed by atoms with E-state index < -0.39 is 0 Å². The largest absolute Gasteiger partial charge is 0.310 e. The van der Waals surface area contributed by atoms with Gasteiger partial charge in [-0.15, -0.1) is 0 Å². The van der Waals surface area contributed by atoms with Gasteiger partial charge >= 0.3 is 0 Å². The third-order valence-electron chi connectivity index (χ3n) is 6.69. The summed E-state index contributed by atoms with van der Waals surface area (Å²) in [6.07, 6.45) is 0.935. The van der Waals surface area contributed by atoms with Gasteiger partial charge < -0.3 is 5.32 Å². The van der Waals surface area contributed by atoms with Gasteiger partial charge in [0.05, 0.1) is 29.4 Å². The molecule has 0 spiro atoms. The molecule has 0 saturated carbocycles. The number of carbonyl (C=O) groups excluding carboxylic acids is 1. The lowest BCUT2D eigenvalue weighted by Crippen LogP contribution is -2.36. The van der Waals surface area contributed by atoms with Crippen LogP contribution in [0.2, 0.25) is 0 Å². The van der Waals surface area contributed by atoms with Gasteiger partial charge in [0.25, 0.3) is 0 Å². The molecule has 2 heterocycles. The summed E-state index contributed by atoms with van der Waals surface area (Å²) >= 11 is 0. The number of benzene rings is 2. The number of halogens is 1. The monoisotopic (exact) mass is 484 g/mol. The number of nitrogens with one attached hydrogen (secondary N) is 1. The van der Waals surface area contributed by atoms with Crippen molar-refractivity contribution in [1.82, 2.24) is 14.4 Å². The maximum atomic E-state index is 13.9. The van der Waals surface area contributed by atoms with E-state index in [1.165, 1.54) is 12.1 Å². The molecule has 0 atom stereocenters. The molecule has 184 valence electrons. The van der Waals surface area contributed by atoms with Crippen LogP contribution >= 0.6 is 0 Å². The molecule has 1 fully saturated rings. The lowest BCUT2D eigenvalue weighted by Gasteiger charge is -2.22. The van der Waals surface area contributed by atoms with Crippen LogP contribution in [0.15, 0.2) is 48.5 Å². The van der Waals surface area contributed by atoms with Crippen LogP contribution in [0, 0.1) is 42.3 Å². The molecule has 3 aromatic rings. The molecule has 1 aliphatic rings. The van der Waals surface area contributed by atoms with Gasteiger partial charge in [0.15, 0.2) is 0 Å². The quantitative estimate of drug-likeness (QED) is 0.569. The zero-order valence-corrected chi connectivity index (χ0v) is 20.6. The number of nitrogens with zero attached hydrogens (tertiary/aromatic N) is 5. The van der Waals surface area contributed by atoms with Crippen LogP contribution in [0.3, 0.4) is 0 Å². The number of nitriles is 2. The van der Waals surface area contributed by atoms with Crippen molar-refractivity contribution < 1.29 is 9.18 Å². The Balaban J connectivity index is 1.42. The number of carbonyl (C=O) groups is 1. The Morgan fingerprint density at radius 3 is 2.42 bits per heavy atom. The third kappa shape index (κ3) is 5.63. The first kappa shape index (κ1) is 25.1. The highest BCUT2D eigenvalue weighted by molar-refractivity contribution is 5.93. The standard InChI is InChI=1S/C28H29FN6O/c1-20-21(2)35(25-6-3-5-24(29)15-25)28(26(20)17-31)32-27(36)19-34-12-4-11-33(13-14-34)18-23-9-7-22(16-30)8-10-23/h3,5-10,15H,4,11-14,18-19H2,1-2H3,(H,32,36). The molecular weight excluding hydrogens is 455 g/mol. The molecular formula is C28H29FN6O. The van der Waals surface area contributed by atoms with Crippen LogP contribution in [0.5, 0.6) is 0 Å². The smallest absolute Gasteiger partial charge is 0.239 e. The second-order valence-corrected chi connectivity index (χ2v) is 9.12. The lowest BCUT2D eigenvalue weighted by molar-refractivity contribution is -0.117. The Morgan fingerprint density at radius 1 is 1.00 bits per heavy atom. The van der Waals surface area contributed by atoms with Gasteiger partial charge in [-0.05, 0) is 74.8 Å². The van der Waals surface area contributed by atoms with Crippen molar-refractivity contribution in [1.29, 1.82) is 10.5 Å². The van der Waals surface area contributed by atoms with Gasteiger partial charge in [-0.25, -0.2) is 4.39 Å². The fraction of sp³-hybridized carbons (Fsp3) is 0.321. The van der Waals surface area contributed by atoms with Crippen LogP contribution in [0.1, 0.15) is 34.4 Å². The van der Waals surface area contributed by atoms with E-state index in [4.69, 9.17) is 5.26 Å². The van der Waals surface area contributed by atoms with Crippen molar-refractivity contribution in [3.05, 3.63) is 82.3 Å². The summed E-state index contributed by atoms with van der Waals surface area (Å²) in [6.45, 7) is 8.00. The predicted octanol–water partition coefficient (Wildman–Crippen LogP) is 4.12. The average Bonchev–Trinajstić information content (AvgIpc) is 2.98. The van der Waals surface area contributed by atoms with E-state index in [-0.39, 0.29) is 18.3 Å². The van der Waals surface area contributed by atoms with E-state index >= 15 is 0 Å². The number of anilines is 1. The van der Waals surface area contributed by atoms with E-state index in [9.17, 15) is 14.4 Å². The van der Waals surface area contributed by atoms with Crippen molar-refractivity contribution in [3.8, 4) is 17.8 Å². The highest BCUT2D eigenvalue weighted by atomic mass is 19.1. The fourth-order valence-electron chi connectivity index (χ4n) is 4.66. The first-order valence-electron chi connectivity index (χ1n) is 12.0. The Bertz CT molecular complexity index is 1330. The fourth-order valence-corrected chi connectivity index (χ4v) is 4.66. The average molecular weight is 485 g/mol. The van der Waals surface area contributed by atoms with E-state index in [0.29, 0.717) is 22.6 Å². The van der Waals surface area contributed by atoms with Gasteiger partial charge in [0, 0.05) is 25.3 Å². The molecule has 0 radical (unpaired) electrons. The molecule has 36 heavy (non-hydrogen) atoms. The molecule has 0 bridgehead atoms. The van der Waals surface area contributed by atoms with Gasteiger partial charge in [0.1, 0.15) is 17.7 Å². The first-order valence-corrected chi connectivity index (χ1v) is 12.0. The molecule has 8 heteroatoms. The molecule has 1 saturated heterocycles. The second-order valence-electron chi connectivity index (χ2n) is 9.12. The Kier molecular flexibility index (Phi) is 7.80. The normalized spacial score (nSPS) is 14.6. The zero-order chi connectivity index (χ0) is 25.7. The molecule has 1 aromatic heterocycles.